The van der Waals surface area contributed by atoms with E-state index in [1.807, 2.05) is 19.9 Å². The number of nitriles is 1. The van der Waals surface area contributed by atoms with Crippen LogP contribution in [0, 0.1) is 11.3 Å². The number of anilines is 1. The number of ether oxygens (including phenoxy) is 1. The van der Waals surface area contributed by atoms with Crippen LogP contribution >= 0.6 is 0 Å². The van der Waals surface area contributed by atoms with Gasteiger partial charge in [-0.05, 0) is 12.1 Å². The number of hydrogen-bond donors (Lipinski definition) is 2. The van der Waals surface area contributed by atoms with Gasteiger partial charge in [0, 0.05) is 12.1 Å². The van der Waals surface area contributed by atoms with E-state index in [9.17, 15) is 4.79 Å². The summed E-state index contributed by atoms with van der Waals surface area (Å²) in [6.07, 6.45) is 0. The van der Waals surface area contributed by atoms with Crippen molar-refractivity contribution in [1.29, 1.82) is 5.26 Å². The van der Waals surface area contributed by atoms with E-state index in [1.54, 1.807) is 18.2 Å². The number of nitrogens with one attached hydrogen (secondary N) is 2. The maximum atomic E-state index is 11.6. The Morgan fingerprint density at radius 1 is 1.50 bits per heavy atom. The highest BCUT2D eigenvalue weighted by Crippen LogP contribution is 2.25. The van der Waals surface area contributed by atoms with Crippen molar-refractivity contribution in [2.75, 3.05) is 19.0 Å². The predicted molar refractivity (Wildman–Crippen MR) is 69.5 cm³/mol. The number of hydrogen-bond acceptors (Lipinski definition) is 4. The Morgan fingerprint density at radius 2 is 2.22 bits per heavy atom. The average molecular weight is 247 g/mol. The molecule has 0 atom stereocenters. The van der Waals surface area contributed by atoms with Gasteiger partial charge in [0.15, 0.2) is 0 Å². The third-order valence-corrected chi connectivity index (χ3v) is 2.28. The van der Waals surface area contributed by atoms with Crippen LogP contribution in [-0.4, -0.2) is 25.6 Å². The SMILES string of the molecule is COc1cc(C#N)ccc1NC(=O)CNC(C)C. The molecule has 5 heteroatoms. The highest BCUT2D eigenvalue weighted by atomic mass is 16.5. The van der Waals surface area contributed by atoms with Crippen LogP contribution in [0.5, 0.6) is 5.75 Å². The van der Waals surface area contributed by atoms with Crippen LogP contribution in [0.15, 0.2) is 18.2 Å². The molecule has 0 radical (unpaired) electrons. The van der Waals surface area contributed by atoms with E-state index >= 15 is 0 Å². The van der Waals surface area contributed by atoms with Crippen molar-refractivity contribution in [3.05, 3.63) is 23.8 Å². The first-order valence-corrected chi connectivity index (χ1v) is 5.68. The molecule has 0 bridgehead atoms. The van der Waals surface area contributed by atoms with Crippen molar-refractivity contribution in [3.63, 3.8) is 0 Å². The molecule has 1 rings (SSSR count). The second-order valence-electron chi connectivity index (χ2n) is 4.11. The first kappa shape index (κ1) is 14.0. The fourth-order valence-electron chi connectivity index (χ4n) is 1.36. The number of nitrogens with zero attached hydrogens (tertiary/aromatic N) is 1. The number of carbonyl (C=O) groups is 1. The molecule has 0 aliphatic rings. The van der Waals surface area contributed by atoms with Gasteiger partial charge in [-0.25, -0.2) is 0 Å². The molecule has 0 saturated carbocycles. The highest BCUT2D eigenvalue weighted by molar-refractivity contribution is 5.93. The van der Waals surface area contributed by atoms with Crippen LogP contribution in [0.1, 0.15) is 19.4 Å². The molecule has 1 amide bonds. The van der Waals surface area contributed by atoms with E-state index in [4.69, 9.17) is 10.00 Å². The lowest BCUT2D eigenvalue weighted by molar-refractivity contribution is -0.115. The summed E-state index contributed by atoms with van der Waals surface area (Å²) in [5.41, 5.74) is 1.05. The third-order valence-electron chi connectivity index (χ3n) is 2.28. The largest absolute Gasteiger partial charge is 0.495 e. The summed E-state index contributed by atoms with van der Waals surface area (Å²) >= 11 is 0. The van der Waals surface area contributed by atoms with E-state index in [0.29, 0.717) is 17.0 Å². The normalized spacial score (nSPS) is 9.94. The monoisotopic (exact) mass is 247 g/mol. The maximum Gasteiger partial charge on any atom is 0.238 e. The van der Waals surface area contributed by atoms with Gasteiger partial charge in [-0.1, -0.05) is 13.8 Å². The molecule has 0 fully saturated rings. The van der Waals surface area contributed by atoms with Crippen molar-refractivity contribution < 1.29 is 9.53 Å². The van der Waals surface area contributed by atoms with E-state index in [0.717, 1.165) is 0 Å². The minimum atomic E-state index is -0.147. The number of methoxy groups -OCH3 is 1. The fourth-order valence-corrected chi connectivity index (χ4v) is 1.36. The number of rotatable bonds is 5. The van der Waals surface area contributed by atoms with Gasteiger partial charge in [0.25, 0.3) is 0 Å². The molecule has 1 aromatic carbocycles. The first-order valence-electron chi connectivity index (χ1n) is 5.68. The summed E-state index contributed by atoms with van der Waals surface area (Å²) in [4.78, 5) is 11.6. The zero-order chi connectivity index (χ0) is 13.5. The molecule has 0 unspecified atom stereocenters. The van der Waals surface area contributed by atoms with Crippen LogP contribution in [0.4, 0.5) is 5.69 Å². The van der Waals surface area contributed by atoms with Gasteiger partial charge in [-0.2, -0.15) is 5.26 Å². The van der Waals surface area contributed by atoms with Gasteiger partial charge in [0.1, 0.15) is 5.75 Å². The molecular weight excluding hydrogens is 230 g/mol. The maximum absolute atomic E-state index is 11.6. The second kappa shape index (κ2) is 6.62. The number of benzene rings is 1. The van der Waals surface area contributed by atoms with Crippen molar-refractivity contribution >= 4 is 11.6 Å². The van der Waals surface area contributed by atoms with E-state index < -0.39 is 0 Å². The van der Waals surface area contributed by atoms with Gasteiger partial charge in [0.05, 0.1) is 31.0 Å². The lowest BCUT2D eigenvalue weighted by Crippen LogP contribution is -2.32. The molecule has 0 saturated heterocycles. The minimum absolute atomic E-state index is 0.147. The molecule has 5 nitrogen and oxygen atoms in total. The second-order valence-corrected chi connectivity index (χ2v) is 4.11. The fraction of sp³-hybridized carbons (Fsp3) is 0.385. The van der Waals surface area contributed by atoms with Gasteiger partial charge in [-0.15, -0.1) is 0 Å². The Morgan fingerprint density at radius 3 is 2.78 bits per heavy atom. The van der Waals surface area contributed by atoms with Gasteiger partial charge in [-0.3, -0.25) is 4.79 Å². The van der Waals surface area contributed by atoms with Crippen molar-refractivity contribution in [3.8, 4) is 11.8 Å². The van der Waals surface area contributed by atoms with Gasteiger partial charge in [0.2, 0.25) is 5.91 Å². The minimum Gasteiger partial charge on any atom is -0.495 e. The highest BCUT2D eigenvalue weighted by Gasteiger charge is 2.08. The summed E-state index contributed by atoms with van der Waals surface area (Å²) < 4.78 is 5.13. The molecular formula is C13H17N3O2. The first-order chi connectivity index (χ1) is 8.56. The summed E-state index contributed by atoms with van der Waals surface area (Å²) in [5, 5.41) is 14.5. The molecule has 1 aromatic rings. The van der Waals surface area contributed by atoms with Crippen molar-refractivity contribution in [2.45, 2.75) is 19.9 Å². The van der Waals surface area contributed by atoms with Gasteiger partial charge < -0.3 is 15.4 Å². The Kier molecular flexibility index (Phi) is 5.15. The molecule has 0 aliphatic heterocycles. The predicted octanol–water partition coefficient (Wildman–Crippen LogP) is 1.50. The smallest absolute Gasteiger partial charge is 0.238 e. The zero-order valence-electron chi connectivity index (χ0n) is 10.8. The van der Waals surface area contributed by atoms with Gasteiger partial charge >= 0.3 is 0 Å². The topological polar surface area (TPSA) is 74.1 Å². The molecule has 18 heavy (non-hydrogen) atoms. The molecule has 2 N–H and O–H groups in total. The lowest BCUT2D eigenvalue weighted by atomic mass is 10.2. The van der Waals surface area contributed by atoms with Crippen LogP contribution in [-0.2, 0) is 4.79 Å². The third kappa shape index (κ3) is 4.07. The Hall–Kier alpha value is -2.06. The molecule has 0 aliphatic carbocycles. The summed E-state index contributed by atoms with van der Waals surface area (Å²) in [6, 6.07) is 7.15. The molecule has 0 spiro atoms. The van der Waals surface area contributed by atoms with Crippen LogP contribution in [0.3, 0.4) is 0 Å². The van der Waals surface area contributed by atoms with Crippen LogP contribution in [0.25, 0.3) is 0 Å². The van der Waals surface area contributed by atoms with Crippen molar-refractivity contribution in [1.82, 2.24) is 5.32 Å². The Labute approximate surface area is 107 Å². The Bertz CT molecular complexity index is 464. The summed E-state index contributed by atoms with van der Waals surface area (Å²) in [5.74, 6) is 0.332. The van der Waals surface area contributed by atoms with Crippen LogP contribution in [0.2, 0.25) is 0 Å². The quantitative estimate of drug-likeness (QED) is 0.827. The summed E-state index contributed by atoms with van der Waals surface area (Å²) in [7, 11) is 1.50. The van der Waals surface area contributed by atoms with E-state index in [2.05, 4.69) is 10.6 Å². The zero-order valence-corrected chi connectivity index (χ0v) is 10.8. The number of carbonyl (C=O) groups excluding carboxylic acids is 1. The van der Waals surface area contributed by atoms with Crippen LogP contribution < -0.4 is 15.4 Å². The summed E-state index contributed by atoms with van der Waals surface area (Å²) in [6.45, 7) is 4.17. The standard InChI is InChI=1S/C13H17N3O2/c1-9(2)15-8-13(17)16-11-5-4-10(7-14)6-12(11)18-3/h4-6,9,15H,8H2,1-3H3,(H,16,17). The molecule has 0 heterocycles. The molecule has 96 valence electrons. The average Bonchev–Trinajstić information content (AvgIpc) is 2.36. The number of amides is 1. The lowest BCUT2D eigenvalue weighted by Gasteiger charge is -2.12. The van der Waals surface area contributed by atoms with E-state index in [1.165, 1.54) is 7.11 Å². The molecule has 0 aromatic heterocycles. The van der Waals surface area contributed by atoms with Crippen molar-refractivity contribution in [2.24, 2.45) is 0 Å². The Balaban J connectivity index is 2.72. The van der Waals surface area contributed by atoms with E-state index in [-0.39, 0.29) is 18.5 Å².